The molecule has 0 bridgehead atoms. The Labute approximate surface area is 62.0 Å². The molecule has 2 N–H and O–H groups in total. The second kappa shape index (κ2) is 2.89. The van der Waals surface area contributed by atoms with Crippen LogP contribution in [0, 0.1) is 0 Å². The molecule has 7 heteroatoms. The van der Waals surface area contributed by atoms with Gasteiger partial charge in [0.15, 0.2) is 12.2 Å². The van der Waals surface area contributed by atoms with E-state index >= 15 is 0 Å². The van der Waals surface area contributed by atoms with Gasteiger partial charge in [0, 0.05) is 0 Å². The number of carboxylic acid groups (broad SMARTS) is 2. The number of rotatable bonds is 2. The quantitative estimate of drug-likeness (QED) is 0.475. The van der Waals surface area contributed by atoms with Crippen LogP contribution in [0.3, 0.4) is 0 Å². The van der Waals surface area contributed by atoms with Crippen LogP contribution >= 0.6 is 0 Å². The first-order valence-electron chi connectivity index (χ1n) is 2.71. The summed E-state index contributed by atoms with van der Waals surface area (Å²) >= 11 is 0. The Kier molecular flexibility index (Phi) is 2.11. The predicted molar refractivity (Wildman–Crippen MR) is 30.8 cm³/mol. The fourth-order valence-corrected chi connectivity index (χ4v) is 0.670. The Bertz CT molecular complexity index is 171. The fraction of sp³-hybridized carbons (Fsp3) is 0.500. The third-order valence-electron chi connectivity index (χ3n) is 1.17. The zero-order valence-corrected chi connectivity index (χ0v) is 5.26. The van der Waals surface area contributed by atoms with Gasteiger partial charge in [0.25, 0.3) is 0 Å². The Morgan fingerprint density at radius 3 is 1.73 bits per heavy atom. The molecule has 1 aliphatic heterocycles. The molecule has 59 valence electrons. The highest BCUT2D eigenvalue weighted by Crippen LogP contribution is 2.11. The molecule has 1 aliphatic rings. The highest BCUT2D eigenvalue weighted by Gasteiger charge is 2.41. The monoisotopic (exact) mass is 159 g/mol. The number of carboxylic acids is 2. The van der Waals surface area contributed by atoms with E-state index < -0.39 is 24.1 Å². The van der Waals surface area contributed by atoms with Crippen LogP contribution in [0.25, 0.3) is 0 Å². The molecular formula is C4H4BO6. The van der Waals surface area contributed by atoms with Crippen LogP contribution in [0.4, 0.5) is 0 Å². The second-order valence-electron chi connectivity index (χ2n) is 1.89. The van der Waals surface area contributed by atoms with Gasteiger partial charge < -0.3 is 19.5 Å². The molecule has 6 nitrogen and oxygen atoms in total. The lowest BCUT2D eigenvalue weighted by molar-refractivity contribution is -0.156. The normalized spacial score (nSPS) is 29.5. The summed E-state index contributed by atoms with van der Waals surface area (Å²) in [5, 5.41) is 16.7. The molecule has 1 radical (unpaired) electrons. The number of aliphatic carboxylic acids is 2. The smallest absolute Gasteiger partial charge is 0.479 e. The van der Waals surface area contributed by atoms with Gasteiger partial charge in [-0.2, -0.15) is 0 Å². The van der Waals surface area contributed by atoms with Crippen molar-refractivity contribution in [2.45, 2.75) is 12.2 Å². The zero-order valence-electron chi connectivity index (χ0n) is 5.26. The van der Waals surface area contributed by atoms with E-state index in [1.807, 2.05) is 0 Å². The van der Waals surface area contributed by atoms with Crippen molar-refractivity contribution in [1.29, 1.82) is 0 Å². The van der Waals surface area contributed by atoms with Crippen LogP contribution in [-0.4, -0.2) is 42.0 Å². The molecular weight excluding hydrogens is 155 g/mol. The van der Waals surface area contributed by atoms with Crippen LogP contribution < -0.4 is 0 Å². The number of carbonyl (C=O) groups is 2. The van der Waals surface area contributed by atoms with Gasteiger partial charge in [-0.1, -0.05) is 0 Å². The molecule has 0 aliphatic carbocycles. The molecule has 11 heavy (non-hydrogen) atoms. The summed E-state index contributed by atoms with van der Waals surface area (Å²) in [5.74, 6) is -2.71. The standard InChI is InChI=1S/C4H4BO6/c6-3(7)1-2(4(8)9)11-5-10-1/h1-2H,(H,6,7)(H,8,9)/t1-,2-/m1/s1. The average Bonchev–Trinajstić information content (AvgIpc) is 2.32. The molecule has 2 atom stereocenters. The molecule has 0 aromatic heterocycles. The molecule has 0 aromatic rings. The first-order valence-corrected chi connectivity index (χ1v) is 2.71. The van der Waals surface area contributed by atoms with Crippen molar-refractivity contribution in [2.24, 2.45) is 0 Å². The van der Waals surface area contributed by atoms with Gasteiger partial charge in [-0.25, -0.2) is 9.59 Å². The SMILES string of the molecule is O=C(O)[C@@H]1O[B]O[C@H]1C(=O)O. The van der Waals surface area contributed by atoms with Crippen LogP contribution in [-0.2, 0) is 18.9 Å². The largest absolute Gasteiger partial charge is 0.489 e. The molecule has 0 unspecified atom stereocenters. The third-order valence-corrected chi connectivity index (χ3v) is 1.17. The molecule has 1 rings (SSSR count). The summed E-state index contributed by atoms with van der Waals surface area (Å²) in [5.41, 5.74) is 0. The first kappa shape index (κ1) is 8.03. The van der Waals surface area contributed by atoms with Crippen molar-refractivity contribution < 1.29 is 29.1 Å². The van der Waals surface area contributed by atoms with Gasteiger partial charge in [0.2, 0.25) is 0 Å². The average molecular weight is 159 g/mol. The maximum absolute atomic E-state index is 10.2. The van der Waals surface area contributed by atoms with Crippen LogP contribution in [0.15, 0.2) is 0 Å². The van der Waals surface area contributed by atoms with E-state index in [0.717, 1.165) is 7.69 Å². The van der Waals surface area contributed by atoms with Gasteiger partial charge in [0.05, 0.1) is 0 Å². The van der Waals surface area contributed by atoms with E-state index in [4.69, 9.17) is 10.2 Å². The van der Waals surface area contributed by atoms with E-state index in [9.17, 15) is 9.59 Å². The van der Waals surface area contributed by atoms with E-state index in [1.165, 1.54) is 0 Å². The topological polar surface area (TPSA) is 93.1 Å². The van der Waals surface area contributed by atoms with Gasteiger partial charge in [-0.15, -0.1) is 0 Å². The minimum Gasteiger partial charge on any atom is -0.479 e. The van der Waals surface area contributed by atoms with E-state index in [2.05, 4.69) is 9.31 Å². The molecule has 0 saturated carbocycles. The van der Waals surface area contributed by atoms with Crippen LogP contribution in [0.2, 0.25) is 0 Å². The lowest BCUT2D eigenvalue weighted by Gasteiger charge is -2.08. The Morgan fingerprint density at radius 2 is 1.45 bits per heavy atom. The minimum absolute atomic E-state index is 0.720. The van der Waals surface area contributed by atoms with E-state index in [-0.39, 0.29) is 0 Å². The lowest BCUT2D eigenvalue weighted by atomic mass is 10.2. The molecule has 0 amide bonds. The molecule has 1 saturated heterocycles. The summed E-state index contributed by atoms with van der Waals surface area (Å²) in [6.45, 7) is 0. The van der Waals surface area contributed by atoms with E-state index in [0.29, 0.717) is 0 Å². The summed E-state index contributed by atoms with van der Waals surface area (Å²) < 4.78 is 8.72. The van der Waals surface area contributed by atoms with Crippen molar-refractivity contribution in [3.05, 3.63) is 0 Å². The summed E-state index contributed by atoms with van der Waals surface area (Å²) in [4.78, 5) is 20.5. The number of hydrogen-bond acceptors (Lipinski definition) is 4. The highest BCUT2D eigenvalue weighted by atomic mass is 16.7. The Morgan fingerprint density at radius 1 is 1.09 bits per heavy atom. The second-order valence-corrected chi connectivity index (χ2v) is 1.89. The van der Waals surface area contributed by atoms with Crippen molar-refractivity contribution in [2.75, 3.05) is 0 Å². The van der Waals surface area contributed by atoms with Gasteiger partial charge in [-0.05, 0) is 0 Å². The van der Waals surface area contributed by atoms with Crippen LogP contribution in [0.5, 0.6) is 0 Å². The lowest BCUT2D eigenvalue weighted by Crippen LogP contribution is -2.36. The van der Waals surface area contributed by atoms with Gasteiger partial charge in [0.1, 0.15) is 0 Å². The molecule has 1 fully saturated rings. The van der Waals surface area contributed by atoms with Crippen molar-refractivity contribution >= 4 is 19.6 Å². The Balaban J connectivity index is 2.65. The molecule has 0 aromatic carbocycles. The Hall–Kier alpha value is -1.08. The first-order chi connectivity index (χ1) is 5.13. The highest BCUT2D eigenvalue weighted by molar-refractivity contribution is 6.21. The summed E-state index contributed by atoms with van der Waals surface area (Å²) in [6.07, 6.45) is -2.88. The van der Waals surface area contributed by atoms with E-state index in [1.54, 1.807) is 0 Å². The maximum Gasteiger partial charge on any atom is 0.489 e. The zero-order chi connectivity index (χ0) is 8.43. The summed E-state index contributed by atoms with van der Waals surface area (Å²) in [6, 6.07) is 0. The molecule has 1 heterocycles. The van der Waals surface area contributed by atoms with Gasteiger partial charge >= 0.3 is 19.6 Å². The maximum atomic E-state index is 10.2. The van der Waals surface area contributed by atoms with Crippen molar-refractivity contribution in [3.63, 3.8) is 0 Å². The van der Waals surface area contributed by atoms with Crippen LogP contribution in [0.1, 0.15) is 0 Å². The van der Waals surface area contributed by atoms with Crippen molar-refractivity contribution in [1.82, 2.24) is 0 Å². The molecule has 0 spiro atoms. The third kappa shape index (κ3) is 1.49. The van der Waals surface area contributed by atoms with Gasteiger partial charge in [-0.3, -0.25) is 0 Å². The van der Waals surface area contributed by atoms with Crippen molar-refractivity contribution in [3.8, 4) is 0 Å². The minimum atomic E-state index is -1.44. The number of hydrogen-bond donors (Lipinski definition) is 2. The predicted octanol–water partition coefficient (Wildman–Crippen LogP) is -1.53. The summed E-state index contributed by atoms with van der Waals surface area (Å²) in [7, 11) is 0.720. The fourth-order valence-electron chi connectivity index (χ4n) is 0.670.